The number of pyridine rings is 1. The molecule has 1 aromatic carbocycles. The molecule has 6 rings (SSSR count). The maximum absolute atomic E-state index is 14.4. The predicted octanol–water partition coefficient (Wildman–Crippen LogP) is 2.80. The molecule has 2 saturated carbocycles. The van der Waals surface area contributed by atoms with Crippen LogP contribution in [-0.4, -0.2) is 88.6 Å². The summed E-state index contributed by atoms with van der Waals surface area (Å²) in [6.07, 6.45) is 3.72. The van der Waals surface area contributed by atoms with E-state index in [9.17, 15) is 22.8 Å². The van der Waals surface area contributed by atoms with Gasteiger partial charge >= 0.3 is 0 Å². The molecule has 3 N–H and O–H groups in total. The molecular formula is C35H43N7O7S. The van der Waals surface area contributed by atoms with E-state index in [1.165, 1.54) is 11.0 Å². The number of anilines is 1. The van der Waals surface area contributed by atoms with Gasteiger partial charge in [0.05, 0.1) is 18.9 Å². The lowest BCUT2D eigenvalue weighted by Gasteiger charge is -2.31. The fourth-order valence-corrected chi connectivity index (χ4v) is 7.89. The lowest BCUT2D eigenvalue weighted by Crippen LogP contribution is -2.58. The third-order valence-electron chi connectivity index (χ3n) is 9.51. The Morgan fingerprint density at radius 1 is 1.10 bits per heavy atom. The number of aromatic nitrogens is 3. The van der Waals surface area contributed by atoms with Gasteiger partial charge in [-0.3, -0.25) is 19.1 Å². The molecule has 3 aliphatic rings. The summed E-state index contributed by atoms with van der Waals surface area (Å²) < 4.78 is 39.3. The lowest BCUT2D eigenvalue weighted by atomic mass is 10.0. The molecule has 0 radical (unpaired) electrons. The van der Waals surface area contributed by atoms with Crippen molar-refractivity contribution >= 4 is 44.5 Å². The molecule has 2 aromatic heterocycles. The minimum Gasteiger partial charge on any atom is -0.497 e. The van der Waals surface area contributed by atoms with Gasteiger partial charge in [0.25, 0.3) is 5.91 Å². The van der Waals surface area contributed by atoms with Crippen LogP contribution < -0.4 is 24.8 Å². The van der Waals surface area contributed by atoms with Crippen molar-refractivity contribution in [2.75, 3.05) is 19.0 Å². The number of benzene rings is 1. The zero-order valence-electron chi connectivity index (χ0n) is 28.8. The number of hydrogen-bond donors (Lipinski definition) is 3. The van der Waals surface area contributed by atoms with E-state index in [-0.39, 0.29) is 37.2 Å². The van der Waals surface area contributed by atoms with Crippen LogP contribution in [0.25, 0.3) is 10.8 Å². The van der Waals surface area contributed by atoms with Crippen molar-refractivity contribution in [3.8, 4) is 11.6 Å². The van der Waals surface area contributed by atoms with Crippen molar-refractivity contribution < 1.29 is 32.3 Å². The molecule has 5 atom stereocenters. The van der Waals surface area contributed by atoms with Gasteiger partial charge in [-0.1, -0.05) is 19.9 Å². The summed E-state index contributed by atoms with van der Waals surface area (Å²) >= 11 is 0. The standard InChI is InChI=1S/C35H43N7O7S/c1-7-23-17-35(23,33(45)41-50(46,47)26-9-10-26)40-30(43)28-16-25(49-31-27-11-8-24(48-6)15-22(27)12-13-36-31)18-42(28)32(44)29(19(2)3)39-34-37-20(4)14-21(5)38-34/h7-8,11-15,19,23,25-26,28-29H,1,9-10,16-18H2,2-6H3,(H,40,43)(H,41,45)(H,37,38,39)/t23-,25-,28+,29+,35-/m1/s1. The first-order valence-corrected chi connectivity index (χ1v) is 18.3. The fraction of sp³-hybridized carbons (Fsp3) is 0.486. The molecule has 1 saturated heterocycles. The summed E-state index contributed by atoms with van der Waals surface area (Å²) in [5.74, 6) is -1.21. The summed E-state index contributed by atoms with van der Waals surface area (Å²) in [5.41, 5.74) is -0.0427. The van der Waals surface area contributed by atoms with Crippen LogP contribution in [0.3, 0.4) is 0 Å². The van der Waals surface area contributed by atoms with E-state index in [1.807, 2.05) is 52.0 Å². The van der Waals surface area contributed by atoms with Crippen LogP contribution in [0, 0.1) is 25.7 Å². The van der Waals surface area contributed by atoms with Crippen LogP contribution >= 0.6 is 0 Å². The zero-order valence-corrected chi connectivity index (χ0v) is 29.6. The number of sulfonamides is 1. The SMILES string of the molecule is C=C[C@@H]1C[C@]1(NC(=O)[C@@H]1C[C@@H](Oc2nccc3cc(OC)ccc23)CN1C(=O)[C@@H](Nc1nc(C)cc(C)n1)C(C)C)C(=O)NS(=O)(=O)C1CC1. The average Bonchev–Trinajstić information content (AvgIpc) is 3.99. The number of likely N-dealkylation sites (tertiary alicyclic amines) is 1. The molecular weight excluding hydrogens is 662 g/mol. The highest BCUT2D eigenvalue weighted by molar-refractivity contribution is 7.91. The van der Waals surface area contributed by atoms with Gasteiger partial charge in [0.1, 0.15) is 29.5 Å². The number of methoxy groups -OCH3 is 1. The molecule has 0 bridgehead atoms. The van der Waals surface area contributed by atoms with E-state index >= 15 is 0 Å². The number of carbonyl (C=O) groups excluding carboxylic acids is 3. The highest BCUT2D eigenvalue weighted by atomic mass is 32.2. The second kappa shape index (κ2) is 13.5. The predicted molar refractivity (Wildman–Crippen MR) is 186 cm³/mol. The first-order chi connectivity index (χ1) is 23.7. The van der Waals surface area contributed by atoms with Crippen LogP contribution in [0.1, 0.15) is 50.9 Å². The van der Waals surface area contributed by atoms with Crippen LogP contribution in [0.15, 0.2) is 49.2 Å². The van der Waals surface area contributed by atoms with E-state index in [4.69, 9.17) is 9.47 Å². The summed E-state index contributed by atoms with van der Waals surface area (Å²) in [5, 5.41) is 6.95. The Morgan fingerprint density at radius 3 is 2.44 bits per heavy atom. The quantitative estimate of drug-likeness (QED) is 0.223. The van der Waals surface area contributed by atoms with Gasteiger partial charge in [-0.05, 0) is 74.7 Å². The van der Waals surface area contributed by atoms with Gasteiger partial charge < -0.3 is 25.0 Å². The minimum absolute atomic E-state index is 0.0455. The molecule has 15 heteroatoms. The molecule has 1 aliphatic heterocycles. The van der Waals surface area contributed by atoms with Gasteiger partial charge in [-0.2, -0.15) is 0 Å². The number of aryl methyl sites for hydroxylation is 2. The molecule has 14 nitrogen and oxygen atoms in total. The minimum atomic E-state index is -3.87. The van der Waals surface area contributed by atoms with Gasteiger partial charge in [0, 0.05) is 35.3 Å². The normalized spacial score (nSPS) is 23.6. The summed E-state index contributed by atoms with van der Waals surface area (Å²) in [4.78, 5) is 56.9. The topological polar surface area (TPSA) is 182 Å². The second-order valence-electron chi connectivity index (χ2n) is 13.7. The number of nitrogens with one attached hydrogen (secondary N) is 3. The summed E-state index contributed by atoms with van der Waals surface area (Å²) in [6.45, 7) is 11.3. The molecule has 0 unspecified atom stereocenters. The van der Waals surface area contributed by atoms with Crippen molar-refractivity contribution in [3.63, 3.8) is 0 Å². The number of ether oxygens (including phenoxy) is 2. The van der Waals surface area contributed by atoms with Crippen molar-refractivity contribution in [2.24, 2.45) is 11.8 Å². The third-order valence-corrected chi connectivity index (χ3v) is 11.3. The Bertz CT molecular complexity index is 1930. The van der Waals surface area contributed by atoms with Crippen LogP contribution in [-0.2, 0) is 24.4 Å². The molecule has 3 amide bonds. The fourth-order valence-electron chi connectivity index (χ4n) is 6.52. The van der Waals surface area contributed by atoms with Crippen molar-refractivity contribution in [1.29, 1.82) is 0 Å². The van der Waals surface area contributed by atoms with Crippen LogP contribution in [0.2, 0.25) is 0 Å². The van der Waals surface area contributed by atoms with Gasteiger partial charge in [-0.15, -0.1) is 6.58 Å². The van der Waals surface area contributed by atoms with E-state index in [0.717, 1.165) is 22.2 Å². The Morgan fingerprint density at radius 2 is 1.82 bits per heavy atom. The largest absolute Gasteiger partial charge is 0.497 e. The highest BCUT2D eigenvalue weighted by Crippen LogP contribution is 2.45. The van der Waals surface area contributed by atoms with Crippen molar-refractivity contribution in [3.05, 3.63) is 60.6 Å². The molecule has 266 valence electrons. The van der Waals surface area contributed by atoms with E-state index < -0.39 is 56.7 Å². The molecule has 50 heavy (non-hydrogen) atoms. The first kappa shape index (κ1) is 35.1. The van der Waals surface area contributed by atoms with Crippen LogP contribution in [0.5, 0.6) is 11.6 Å². The van der Waals surface area contributed by atoms with Crippen LogP contribution in [0.4, 0.5) is 5.95 Å². The third kappa shape index (κ3) is 7.09. The Balaban J connectivity index is 1.29. The number of rotatable bonds is 13. The summed E-state index contributed by atoms with van der Waals surface area (Å²) in [7, 11) is -2.28. The highest BCUT2D eigenvalue weighted by Gasteiger charge is 2.62. The second-order valence-corrected chi connectivity index (χ2v) is 15.7. The van der Waals surface area contributed by atoms with Gasteiger partial charge in [0.2, 0.25) is 33.7 Å². The van der Waals surface area contributed by atoms with Gasteiger partial charge in [-0.25, -0.2) is 23.4 Å². The van der Waals surface area contributed by atoms with E-state index in [0.29, 0.717) is 24.5 Å². The molecule has 3 aromatic rings. The molecule has 2 aliphatic carbocycles. The van der Waals surface area contributed by atoms with Crippen molar-refractivity contribution in [1.82, 2.24) is 29.9 Å². The average molecular weight is 706 g/mol. The molecule has 3 fully saturated rings. The number of nitrogens with zero attached hydrogens (tertiary/aromatic N) is 4. The van der Waals surface area contributed by atoms with Gasteiger partial charge in [0.15, 0.2) is 0 Å². The number of hydrogen-bond acceptors (Lipinski definition) is 11. The lowest BCUT2D eigenvalue weighted by molar-refractivity contribution is -0.140. The molecule has 3 heterocycles. The number of carbonyl (C=O) groups is 3. The monoisotopic (exact) mass is 705 g/mol. The first-order valence-electron chi connectivity index (χ1n) is 16.7. The van der Waals surface area contributed by atoms with E-state index in [1.54, 1.807) is 19.4 Å². The van der Waals surface area contributed by atoms with E-state index in [2.05, 4.69) is 36.9 Å². The maximum Gasteiger partial charge on any atom is 0.259 e. The molecule has 0 spiro atoms. The summed E-state index contributed by atoms with van der Waals surface area (Å²) in [6, 6.07) is 7.29. The number of fused-ring (bicyclic) bond motifs is 1. The number of amides is 3. The Hall–Kier alpha value is -4.79. The zero-order chi connectivity index (χ0) is 36.0. The van der Waals surface area contributed by atoms with Crippen molar-refractivity contribution in [2.45, 2.75) is 82.4 Å². The Kier molecular flexibility index (Phi) is 9.46. The Labute approximate surface area is 291 Å². The smallest absolute Gasteiger partial charge is 0.259 e. The maximum atomic E-state index is 14.4.